The molecule has 0 atom stereocenters. The molecule has 0 saturated carbocycles. The van der Waals surface area contributed by atoms with E-state index in [4.69, 9.17) is 0 Å². The van der Waals surface area contributed by atoms with Crippen molar-refractivity contribution in [2.45, 2.75) is 20.8 Å². The molecule has 0 bridgehead atoms. The summed E-state index contributed by atoms with van der Waals surface area (Å²) in [6.45, 7) is 6.08. The number of hydrogen-bond acceptors (Lipinski definition) is 4. The lowest BCUT2D eigenvalue weighted by molar-refractivity contribution is -0.118. The van der Waals surface area contributed by atoms with Gasteiger partial charge in [-0.15, -0.1) is 11.3 Å². The van der Waals surface area contributed by atoms with Crippen LogP contribution in [0.15, 0.2) is 35.8 Å². The fourth-order valence-corrected chi connectivity index (χ4v) is 2.84. The fraction of sp³-hybridized carbons (Fsp3) is 0.235. The SMILES string of the molecule is CCNC(C)=O.Cc1[nH]nc(-c2ccc(F)cc2)c1-c1nccs1. The number of aryl methyl sites for hydroxylation is 1. The van der Waals surface area contributed by atoms with Gasteiger partial charge in [-0.1, -0.05) is 0 Å². The van der Waals surface area contributed by atoms with Gasteiger partial charge in [-0.05, 0) is 38.1 Å². The number of aromatic nitrogens is 3. The Hall–Kier alpha value is -2.54. The molecule has 1 amide bonds. The molecule has 0 aliphatic heterocycles. The average molecular weight is 346 g/mol. The van der Waals surface area contributed by atoms with E-state index in [0.717, 1.165) is 34.1 Å². The molecule has 0 spiro atoms. The van der Waals surface area contributed by atoms with Crippen molar-refractivity contribution >= 4 is 17.2 Å². The molecule has 7 heteroatoms. The monoisotopic (exact) mass is 346 g/mol. The molecule has 3 rings (SSSR count). The van der Waals surface area contributed by atoms with Crippen molar-refractivity contribution in [2.75, 3.05) is 6.54 Å². The Morgan fingerprint density at radius 2 is 2.04 bits per heavy atom. The first-order valence-corrected chi connectivity index (χ1v) is 8.36. The van der Waals surface area contributed by atoms with Crippen LogP contribution in [0.1, 0.15) is 19.5 Å². The molecule has 2 aromatic heterocycles. The molecule has 126 valence electrons. The summed E-state index contributed by atoms with van der Waals surface area (Å²) in [6, 6.07) is 6.32. The van der Waals surface area contributed by atoms with Gasteiger partial charge < -0.3 is 5.32 Å². The minimum Gasteiger partial charge on any atom is -0.357 e. The first-order chi connectivity index (χ1) is 11.5. The van der Waals surface area contributed by atoms with E-state index in [1.54, 1.807) is 29.7 Å². The topological polar surface area (TPSA) is 70.7 Å². The molecule has 0 aliphatic carbocycles. The Morgan fingerprint density at radius 3 is 2.54 bits per heavy atom. The van der Waals surface area contributed by atoms with Gasteiger partial charge in [0.2, 0.25) is 5.91 Å². The van der Waals surface area contributed by atoms with E-state index >= 15 is 0 Å². The van der Waals surface area contributed by atoms with Crippen molar-refractivity contribution in [3.8, 4) is 21.8 Å². The highest BCUT2D eigenvalue weighted by atomic mass is 32.1. The van der Waals surface area contributed by atoms with E-state index in [1.165, 1.54) is 19.1 Å². The van der Waals surface area contributed by atoms with Crippen LogP contribution in [0.4, 0.5) is 4.39 Å². The number of halogens is 1. The summed E-state index contributed by atoms with van der Waals surface area (Å²) in [5.41, 5.74) is 3.63. The normalized spacial score (nSPS) is 10.0. The highest BCUT2D eigenvalue weighted by Gasteiger charge is 2.16. The maximum absolute atomic E-state index is 12.9. The van der Waals surface area contributed by atoms with Crippen LogP contribution in [-0.2, 0) is 4.79 Å². The summed E-state index contributed by atoms with van der Waals surface area (Å²) in [4.78, 5) is 14.2. The molecule has 24 heavy (non-hydrogen) atoms. The van der Waals surface area contributed by atoms with Crippen LogP contribution < -0.4 is 5.32 Å². The number of hydrogen-bond donors (Lipinski definition) is 2. The number of carbonyl (C=O) groups excluding carboxylic acids is 1. The smallest absolute Gasteiger partial charge is 0.216 e. The molecule has 2 N–H and O–H groups in total. The molecular weight excluding hydrogens is 327 g/mol. The van der Waals surface area contributed by atoms with Gasteiger partial charge in [-0.2, -0.15) is 5.10 Å². The minimum atomic E-state index is -0.248. The number of amides is 1. The summed E-state index contributed by atoms with van der Waals surface area (Å²) in [7, 11) is 0. The van der Waals surface area contributed by atoms with Crippen LogP contribution in [0.3, 0.4) is 0 Å². The minimum absolute atomic E-state index is 0.0394. The molecule has 2 heterocycles. The van der Waals surface area contributed by atoms with E-state index < -0.39 is 0 Å². The van der Waals surface area contributed by atoms with Gasteiger partial charge in [0.05, 0.1) is 5.56 Å². The lowest BCUT2D eigenvalue weighted by Gasteiger charge is -2.00. The van der Waals surface area contributed by atoms with Crippen LogP contribution in [0, 0.1) is 12.7 Å². The standard InChI is InChI=1S/C13H10FN3S.C4H9NO/c1-8-11(13-15-6-7-18-13)12(17-16-8)9-2-4-10(14)5-3-9;1-3-5-4(2)6/h2-7H,1H3,(H,16,17);3H2,1-2H3,(H,5,6). The zero-order valence-electron chi connectivity index (χ0n) is 13.8. The number of nitrogens with zero attached hydrogens (tertiary/aromatic N) is 2. The third-order valence-electron chi connectivity index (χ3n) is 3.14. The van der Waals surface area contributed by atoms with Crippen LogP contribution in [0.2, 0.25) is 0 Å². The van der Waals surface area contributed by atoms with Gasteiger partial charge in [0.1, 0.15) is 16.5 Å². The largest absolute Gasteiger partial charge is 0.357 e. The maximum atomic E-state index is 12.9. The lowest BCUT2D eigenvalue weighted by atomic mass is 10.1. The summed E-state index contributed by atoms with van der Waals surface area (Å²) in [5, 5.41) is 12.7. The first-order valence-electron chi connectivity index (χ1n) is 7.48. The van der Waals surface area contributed by atoms with Crippen LogP contribution in [0.5, 0.6) is 0 Å². The Balaban J connectivity index is 0.000000301. The number of aromatic amines is 1. The Bertz CT molecular complexity index is 782. The Kier molecular flexibility index (Phi) is 6.20. The van der Waals surface area contributed by atoms with Gasteiger partial charge in [-0.25, -0.2) is 9.37 Å². The number of carbonyl (C=O) groups is 1. The predicted octanol–water partition coefficient (Wildman–Crippen LogP) is 3.79. The van der Waals surface area contributed by atoms with Crippen molar-refractivity contribution < 1.29 is 9.18 Å². The number of benzene rings is 1. The Labute approximate surface area is 144 Å². The second kappa shape index (κ2) is 8.35. The third kappa shape index (κ3) is 4.48. The zero-order valence-corrected chi connectivity index (χ0v) is 14.6. The van der Waals surface area contributed by atoms with Crippen molar-refractivity contribution in [3.05, 3.63) is 47.4 Å². The lowest BCUT2D eigenvalue weighted by Crippen LogP contribution is -2.18. The highest BCUT2D eigenvalue weighted by Crippen LogP contribution is 2.33. The molecular formula is C17H19FN4OS. The van der Waals surface area contributed by atoms with E-state index in [-0.39, 0.29) is 11.7 Å². The van der Waals surface area contributed by atoms with Crippen LogP contribution in [0.25, 0.3) is 21.8 Å². The van der Waals surface area contributed by atoms with E-state index in [0.29, 0.717) is 0 Å². The molecule has 3 aromatic rings. The molecule has 0 saturated heterocycles. The predicted molar refractivity (Wildman–Crippen MR) is 94.2 cm³/mol. The number of nitrogens with one attached hydrogen (secondary N) is 2. The van der Waals surface area contributed by atoms with Gasteiger partial charge in [-0.3, -0.25) is 9.89 Å². The second-order valence-corrected chi connectivity index (χ2v) is 5.90. The maximum Gasteiger partial charge on any atom is 0.216 e. The zero-order chi connectivity index (χ0) is 17.5. The quantitative estimate of drug-likeness (QED) is 0.758. The van der Waals surface area contributed by atoms with Crippen molar-refractivity contribution in [3.63, 3.8) is 0 Å². The van der Waals surface area contributed by atoms with Crippen LogP contribution >= 0.6 is 11.3 Å². The highest BCUT2D eigenvalue weighted by molar-refractivity contribution is 7.13. The second-order valence-electron chi connectivity index (χ2n) is 5.00. The molecule has 0 radical (unpaired) electrons. The van der Waals surface area contributed by atoms with Crippen molar-refractivity contribution in [2.24, 2.45) is 0 Å². The summed E-state index contributed by atoms with van der Waals surface area (Å²) < 4.78 is 12.9. The molecule has 5 nitrogen and oxygen atoms in total. The van der Waals surface area contributed by atoms with E-state index in [9.17, 15) is 9.18 Å². The van der Waals surface area contributed by atoms with Crippen molar-refractivity contribution in [1.29, 1.82) is 0 Å². The summed E-state index contributed by atoms with van der Waals surface area (Å²) >= 11 is 1.56. The summed E-state index contributed by atoms with van der Waals surface area (Å²) in [5.74, 6) is -0.209. The van der Waals surface area contributed by atoms with Gasteiger partial charge in [0.15, 0.2) is 0 Å². The molecule has 0 aliphatic rings. The van der Waals surface area contributed by atoms with Gasteiger partial charge in [0.25, 0.3) is 0 Å². The number of thiazole rings is 1. The molecule has 0 fully saturated rings. The van der Waals surface area contributed by atoms with Gasteiger partial charge in [0, 0.05) is 36.3 Å². The van der Waals surface area contributed by atoms with E-state index in [2.05, 4.69) is 20.5 Å². The number of H-pyrrole nitrogens is 1. The van der Waals surface area contributed by atoms with E-state index in [1.807, 2.05) is 19.2 Å². The third-order valence-corrected chi connectivity index (χ3v) is 3.93. The summed E-state index contributed by atoms with van der Waals surface area (Å²) in [6.07, 6.45) is 1.76. The first kappa shape index (κ1) is 17.8. The Morgan fingerprint density at radius 1 is 1.33 bits per heavy atom. The fourth-order valence-electron chi connectivity index (χ4n) is 2.10. The molecule has 1 aromatic carbocycles. The molecule has 0 unspecified atom stereocenters. The number of rotatable bonds is 3. The van der Waals surface area contributed by atoms with Crippen LogP contribution in [-0.4, -0.2) is 27.6 Å². The average Bonchev–Trinajstić information content (AvgIpc) is 3.18. The van der Waals surface area contributed by atoms with Gasteiger partial charge >= 0.3 is 0 Å². The van der Waals surface area contributed by atoms with Crippen molar-refractivity contribution in [1.82, 2.24) is 20.5 Å².